The summed E-state index contributed by atoms with van der Waals surface area (Å²) in [6, 6.07) is 24.0. The Hall–Kier alpha value is -3.40. The van der Waals surface area contributed by atoms with Gasteiger partial charge < -0.3 is 10.2 Å². The molecule has 1 heterocycles. The van der Waals surface area contributed by atoms with Crippen molar-refractivity contribution in [1.82, 2.24) is 4.90 Å². The molecular weight excluding hydrogens is 384 g/mol. The number of hydrogen-bond donors (Lipinski definition) is 1. The second-order valence-electron chi connectivity index (χ2n) is 8.38. The number of benzene rings is 3. The lowest BCUT2D eigenvalue weighted by atomic mass is 9.95. The van der Waals surface area contributed by atoms with Gasteiger partial charge in [0.1, 0.15) is 0 Å². The molecule has 0 aromatic heterocycles. The Bertz CT molecular complexity index is 1050. The van der Waals surface area contributed by atoms with E-state index in [2.05, 4.69) is 23.5 Å². The molecule has 3 aromatic rings. The monoisotopic (exact) mass is 412 g/mol. The summed E-state index contributed by atoms with van der Waals surface area (Å²) in [5.74, 6) is 0.0161. The van der Waals surface area contributed by atoms with Gasteiger partial charge in [-0.25, -0.2) is 0 Å². The molecule has 1 N–H and O–H groups in total. The molecule has 31 heavy (non-hydrogen) atoms. The first-order chi connectivity index (χ1) is 15.0. The van der Waals surface area contributed by atoms with Crippen molar-refractivity contribution >= 4 is 17.5 Å². The zero-order valence-corrected chi connectivity index (χ0v) is 18.1. The average Bonchev–Trinajstić information content (AvgIpc) is 2.79. The lowest BCUT2D eigenvalue weighted by Crippen LogP contribution is -2.41. The van der Waals surface area contributed by atoms with E-state index in [1.807, 2.05) is 73.3 Å². The highest BCUT2D eigenvalue weighted by Crippen LogP contribution is 2.24. The van der Waals surface area contributed by atoms with E-state index in [0.717, 1.165) is 27.9 Å². The number of carbonyl (C=O) groups is 2. The Morgan fingerprint density at radius 2 is 1.39 bits per heavy atom. The standard InChI is InChI=1S/C27H28N2O2/c1-19-16-20(2)18-25(17-19)28-26(30)23-12-14-29(15-13-23)27(31)24-10-8-22(9-11-24)21-6-4-3-5-7-21/h3-11,16-18,23H,12-15H2,1-2H3,(H,28,30). The minimum Gasteiger partial charge on any atom is -0.339 e. The fourth-order valence-electron chi connectivity index (χ4n) is 4.25. The third-order valence-corrected chi connectivity index (χ3v) is 5.88. The summed E-state index contributed by atoms with van der Waals surface area (Å²) in [5, 5.41) is 3.05. The Morgan fingerprint density at radius 3 is 2.00 bits per heavy atom. The van der Waals surface area contributed by atoms with Gasteiger partial charge in [0.25, 0.3) is 5.91 Å². The van der Waals surface area contributed by atoms with Gasteiger partial charge in [-0.15, -0.1) is 0 Å². The number of hydrogen-bond acceptors (Lipinski definition) is 2. The van der Waals surface area contributed by atoms with Crippen LogP contribution in [0.5, 0.6) is 0 Å². The minimum absolute atomic E-state index is 0.0350. The number of nitrogens with zero attached hydrogens (tertiary/aromatic N) is 1. The van der Waals surface area contributed by atoms with E-state index < -0.39 is 0 Å². The van der Waals surface area contributed by atoms with Crippen LogP contribution in [0.2, 0.25) is 0 Å². The zero-order chi connectivity index (χ0) is 21.8. The van der Waals surface area contributed by atoms with Crippen LogP contribution in [0.25, 0.3) is 11.1 Å². The van der Waals surface area contributed by atoms with E-state index in [1.54, 1.807) is 0 Å². The number of aryl methyl sites for hydroxylation is 2. The molecule has 0 spiro atoms. The quantitative estimate of drug-likeness (QED) is 0.618. The Balaban J connectivity index is 1.34. The molecule has 4 heteroatoms. The molecule has 0 bridgehead atoms. The van der Waals surface area contributed by atoms with Crippen molar-refractivity contribution in [1.29, 1.82) is 0 Å². The molecule has 4 rings (SSSR count). The van der Waals surface area contributed by atoms with Gasteiger partial charge in [-0.3, -0.25) is 9.59 Å². The van der Waals surface area contributed by atoms with Gasteiger partial charge in [0.15, 0.2) is 0 Å². The third-order valence-electron chi connectivity index (χ3n) is 5.88. The lowest BCUT2D eigenvalue weighted by molar-refractivity contribution is -0.121. The summed E-state index contributed by atoms with van der Waals surface area (Å²) in [6.07, 6.45) is 1.37. The van der Waals surface area contributed by atoms with Gasteiger partial charge in [0, 0.05) is 30.3 Å². The molecule has 2 amide bonds. The number of carbonyl (C=O) groups excluding carboxylic acids is 2. The van der Waals surface area contributed by atoms with Crippen LogP contribution in [0.15, 0.2) is 72.8 Å². The van der Waals surface area contributed by atoms with Crippen LogP contribution in [0, 0.1) is 19.8 Å². The number of piperidine rings is 1. The molecule has 1 fully saturated rings. The van der Waals surface area contributed by atoms with Crippen LogP contribution in [-0.4, -0.2) is 29.8 Å². The first-order valence-corrected chi connectivity index (χ1v) is 10.8. The second-order valence-corrected chi connectivity index (χ2v) is 8.38. The summed E-state index contributed by atoms with van der Waals surface area (Å²) in [4.78, 5) is 27.5. The SMILES string of the molecule is Cc1cc(C)cc(NC(=O)C2CCN(C(=O)c3ccc(-c4ccccc4)cc3)CC2)c1. The lowest BCUT2D eigenvalue weighted by Gasteiger charge is -2.31. The topological polar surface area (TPSA) is 49.4 Å². The number of amides is 2. The summed E-state index contributed by atoms with van der Waals surface area (Å²) in [6.45, 7) is 5.26. The van der Waals surface area contributed by atoms with E-state index in [-0.39, 0.29) is 17.7 Å². The van der Waals surface area contributed by atoms with Crippen LogP contribution in [0.4, 0.5) is 5.69 Å². The number of rotatable bonds is 4. The van der Waals surface area contributed by atoms with E-state index in [4.69, 9.17) is 0 Å². The average molecular weight is 413 g/mol. The maximum atomic E-state index is 12.9. The van der Waals surface area contributed by atoms with Crippen LogP contribution < -0.4 is 5.32 Å². The fourth-order valence-corrected chi connectivity index (χ4v) is 4.25. The molecule has 4 nitrogen and oxygen atoms in total. The first kappa shape index (κ1) is 20.9. The Morgan fingerprint density at radius 1 is 0.806 bits per heavy atom. The predicted molar refractivity (Wildman–Crippen MR) is 125 cm³/mol. The molecule has 0 saturated carbocycles. The molecule has 1 saturated heterocycles. The molecular formula is C27H28N2O2. The summed E-state index contributed by atoms with van der Waals surface area (Å²) in [5.41, 5.74) is 6.04. The van der Waals surface area contributed by atoms with E-state index in [9.17, 15) is 9.59 Å². The number of likely N-dealkylation sites (tertiary alicyclic amines) is 1. The molecule has 158 valence electrons. The van der Waals surface area contributed by atoms with Crippen molar-refractivity contribution in [2.24, 2.45) is 5.92 Å². The summed E-state index contributed by atoms with van der Waals surface area (Å²) < 4.78 is 0. The molecule has 0 radical (unpaired) electrons. The van der Waals surface area contributed by atoms with Gasteiger partial charge in [0.2, 0.25) is 5.91 Å². The van der Waals surface area contributed by atoms with Crippen molar-refractivity contribution in [3.8, 4) is 11.1 Å². The van der Waals surface area contributed by atoms with Crippen molar-refractivity contribution in [2.45, 2.75) is 26.7 Å². The third kappa shape index (κ3) is 5.02. The van der Waals surface area contributed by atoms with Crippen molar-refractivity contribution in [3.05, 3.63) is 89.5 Å². The molecule has 0 atom stereocenters. The summed E-state index contributed by atoms with van der Waals surface area (Å²) in [7, 11) is 0. The molecule has 0 unspecified atom stereocenters. The number of anilines is 1. The maximum absolute atomic E-state index is 12.9. The highest BCUT2D eigenvalue weighted by Gasteiger charge is 2.28. The van der Waals surface area contributed by atoms with Crippen LogP contribution in [-0.2, 0) is 4.79 Å². The van der Waals surface area contributed by atoms with Crippen LogP contribution in [0.1, 0.15) is 34.3 Å². The minimum atomic E-state index is -0.0645. The van der Waals surface area contributed by atoms with Crippen LogP contribution >= 0.6 is 0 Å². The maximum Gasteiger partial charge on any atom is 0.253 e. The molecule has 3 aromatic carbocycles. The molecule has 0 aliphatic carbocycles. The highest BCUT2D eigenvalue weighted by molar-refractivity contribution is 5.95. The van der Waals surface area contributed by atoms with Gasteiger partial charge in [-0.1, -0.05) is 48.5 Å². The number of nitrogens with one attached hydrogen (secondary N) is 1. The zero-order valence-electron chi connectivity index (χ0n) is 18.1. The predicted octanol–water partition coefficient (Wildman–Crippen LogP) is 5.46. The Labute approximate surface area is 183 Å². The smallest absolute Gasteiger partial charge is 0.253 e. The van der Waals surface area contributed by atoms with Gasteiger partial charge in [-0.2, -0.15) is 0 Å². The van der Waals surface area contributed by atoms with Crippen molar-refractivity contribution < 1.29 is 9.59 Å². The summed E-state index contributed by atoms with van der Waals surface area (Å²) >= 11 is 0. The van der Waals surface area contributed by atoms with E-state index in [1.165, 1.54) is 0 Å². The Kier molecular flexibility index (Phi) is 6.17. The van der Waals surface area contributed by atoms with Gasteiger partial charge in [-0.05, 0) is 73.2 Å². The van der Waals surface area contributed by atoms with E-state index >= 15 is 0 Å². The first-order valence-electron chi connectivity index (χ1n) is 10.8. The van der Waals surface area contributed by atoms with Crippen LogP contribution in [0.3, 0.4) is 0 Å². The highest BCUT2D eigenvalue weighted by atomic mass is 16.2. The fraction of sp³-hybridized carbons (Fsp3) is 0.259. The van der Waals surface area contributed by atoms with E-state index in [0.29, 0.717) is 31.5 Å². The molecule has 1 aliphatic rings. The van der Waals surface area contributed by atoms with Crippen molar-refractivity contribution in [3.63, 3.8) is 0 Å². The van der Waals surface area contributed by atoms with Gasteiger partial charge in [0.05, 0.1) is 0 Å². The van der Waals surface area contributed by atoms with Gasteiger partial charge >= 0.3 is 0 Å². The normalized spacial score (nSPS) is 14.3. The van der Waals surface area contributed by atoms with Crippen molar-refractivity contribution in [2.75, 3.05) is 18.4 Å². The second kappa shape index (κ2) is 9.17. The largest absolute Gasteiger partial charge is 0.339 e. The molecule has 1 aliphatic heterocycles.